The van der Waals surface area contributed by atoms with Crippen molar-refractivity contribution in [2.24, 2.45) is 5.92 Å². The van der Waals surface area contributed by atoms with E-state index in [1.54, 1.807) is 0 Å². The monoisotopic (exact) mass is 458 g/mol. The maximum atomic E-state index is 12.5. The Morgan fingerprint density at radius 2 is 1.72 bits per heavy atom. The molecule has 2 saturated heterocycles. The number of carbonyl (C=O) groups excluding carboxylic acids is 1. The van der Waals surface area contributed by atoms with Crippen molar-refractivity contribution in [2.75, 3.05) is 39.7 Å². The fraction of sp³-hybridized carbons (Fsp3) is 0.950. The van der Waals surface area contributed by atoms with Gasteiger partial charge in [0, 0.05) is 25.7 Å². The van der Waals surface area contributed by atoms with Gasteiger partial charge in [-0.15, -0.1) is 24.8 Å². The number of hydrogen-bond donors (Lipinski definition) is 0. The van der Waals surface area contributed by atoms with Gasteiger partial charge in [-0.1, -0.05) is 0 Å². The minimum Gasteiger partial charge on any atom is -0.466 e. The number of esters is 1. The van der Waals surface area contributed by atoms with E-state index in [2.05, 4.69) is 9.80 Å². The van der Waals surface area contributed by atoms with E-state index in [4.69, 9.17) is 14.2 Å². The van der Waals surface area contributed by atoms with Crippen LogP contribution in [0.5, 0.6) is 0 Å². The summed E-state index contributed by atoms with van der Waals surface area (Å²) in [6.45, 7) is 5.08. The van der Waals surface area contributed by atoms with Crippen LogP contribution < -0.4 is 0 Å². The van der Waals surface area contributed by atoms with Gasteiger partial charge < -0.3 is 14.2 Å². The van der Waals surface area contributed by atoms with Gasteiger partial charge >= 0.3 is 5.97 Å². The zero-order valence-electron chi connectivity index (χ0n) is 17.4. The lowest BCUT2D eigenvalue weighted by Crippen LogP contribution is -2.53. The molecular weight excluding hydrogens is 422 g/mol. The quantitative estimate of drug-likeness (QED) is 0.490. The second-order valence-electron chi connectivity index (χ2n) is 7.94. The Bertz CT molecular complexity index is 464. The molecule has 172 valence electrons. The summed E-state index contributed by atoms with van der Waals surface area (Å²) < 4.78 is 29.3. The Balaban J connectivity index is 0.00000210. The summed E-state index contributed by atoms with van der Waals surface area (Å²) in [5, 5.41) is 0. The standard InChI is InChI=1S/C20H35FN2O4.2ClH/c1-2-26-19(24)16-7-9-18(10-8-16)27-20(22-11-3-4-12-22)23-13-5-6-17(23)14-25-15-21;;/h16-18,20H,2-15H2,1H3;2*1H. The van der Waals surface area contributed by atoms with E-state index in [1.165, 1.54) is 12.8 Å². The molecule has 2 heterocycles. The van der Waals surface area contributed by atoms with Crippen LogP contribution in [0.1, 0.15) is 58.3 Å². The first-order chi connectivity index (χ1) is 13.2. The minimum atomic E-state index is -0.725. The summed E-state index contributed by atoms with van der Waals surface area (Å²) in [4.78, 5) is 16.8. The second kappa shape index (κ2) is 14.0. The van der Waals surface area contributed by atoms with Gasteiger partial charge in [0.25, 0.3) is 0 Å². The lowest BCUT2D eigenvalue weighted by Gasteiger charge is -2.41. The number of carbonyl (C=O) groups is 1. The van der Waals surface area contributed by atoms with Gasteiger partial charge in [-0.2, -0.15) is 0 Å². The topological polar surface area (TPSA) is 51.2 Å². The van der Waals surface area contributed by atoms with E-state index in [1.807, 2.05) is 6.92 Å². The van der Waals surface area contributed by atoms with Crippen molar-refractivity contribution in [3.63, 3.8) is 0 Å². The Morgan fingerprint density at radius 1 is 1.03 bits per heavy atom. The maximum absolute atomic E-state index is 12.5. The van der Waals surface area contributed by atoms with Crippen LogP contribution in [0.25, 0.3) is 0 Å². The molecule has 0 spiro atoms. The molecule has 0 amide bonds. The number of ether oxygens (including phenoxy) is 3. The number of likely N-dealkylation sites (tertiary alicyclic amines) is 2. The van der Waals surface area contributed by atoms with Crippen molar-refractivity contribution in [1.82, 2.24) is 9.80 Å². The Hall–Kier alpha value is -0.180. The van der Waals surface area contributed by atoms with Gasteiger partial charge in [-0.05, 0) is 58.3 Å². The molecule has 2 unspecified atom stereocenters. The molecule has 1 aliphatic carbocycles. The van der Waals surface area contributed by atoms with Gasteiger partial charge in [-0.25, -0.2) is 4.39 Å². The summed E-state index contributed by atoms with van der Waals surface area (Å²) in [6.07, 6.45) is 8.13. The molecule has 3 fully saturated rings. The van der Waals surface area contributed by atoms with E-state index in [9.17, 15) is 9.18 Å². The molecule has 0 bridgehead atoms. The van der Waals surface area contributed by atoms with Gasteiger partial charge in [-0.3, -0.25) is 14.6 Å². The summed E-state index contributed by atoms with van der Waals surface area (Å²) in [7, 11) is 0. The van der Waals surface area contributed by atoms with Crippen molar-refractivity contribution < 1.29 is 23.4 Å². The average Bonchev–Trinajstić information content (AvgIpc) is 3.37. The smallest absolute Gasteiger partial charge is 0.308 e. The molecule has 29 heavy (non-hydrogen) atoms. The third kappa shape index (κ3) is 7.47. The first-order valence-corrected chi connectivity index (χ1v) is 10.7. The first-order valence-electron chi connectivity index (χ1n) is 10.7. The number of halogens is 3. The van der Waals surface area contributed by atoms with Crippen LogP contribution in [0.15, 0.2) is 0 Å². The van der Waals surface area contributed by atoms with E-state index >= 15 is 0 Å². The van der Waals surface area contributed by atoms with E-state index in [0.717, 1.165) is 58.2 Å². The number of nitrogens with zero attached hydrogens (tertiary/aromatic N) is 2. The van der Waals surface area contributed by atoms with Crippen LogP contribution in [-0.2, 0) is 19.0 Å². The molecule has 3 aliphatic rings. The highest BCUT2D eigenvalue weighted by Gasteiger charge is 2.38. The Labute approximate surface area is 186 Å². The molecule has 2 aliphatic heterocycles. The highest BCUT2D eigenvalue weighted by molar-refractivity contribution is 5.85. The highest BCUT2D eigenvalue weighted by atomic mass is 35.5. The molecule has 0 N–H and O–H groups in total. The molecule has 9 heteroatoms. The predicted octanol–water partition coefficient (Wildman–Crippen LogP) is 3.76. The van der Waals surface area contributed by atoms with Gasteiger partial charge in [0.1, 0.15) is 0 Å². The maximum Gasteiger partial charge on any atom is 0.308 e. The molecule has 2 atom stereocenters. The van der Waals surface area contributed by atoms with Gasteiger partial charge in [0.15, 0.2) is 13.2 Å². The fourth-order valence-corrected chi connectivity index (χ4v) is 4.71. The SMILES string of the molecule is CCOC(=O)C1CCC(OC(N2CCCC2)N2CCCC2COCF)CC1.Cl.Cl. The fourth-order valence-electron chi connectivity index (χ4n) is 4.71. The molecule has 0 radical (unpaired) electrons. The molecule has 0 aromatic rings. The minimum absolute atomic E-state index is 0. The van der Waals surface area contributed by atoms with Crippen molar-refractivity contribution in [2.45, 2.75) is 76.8 Å². The molecular formula is C20H37Cl2FN2O4. The zero-order chi connectivity index (χ0) is 19.1. The van der Waals surface area contributed by atoms with Crippen molar-refractivity contribution >= 4 is 30.8 Å². The van der Waals surface area contributed by atoms with E-state index in [0.29, 0.717) is 13.2 Å². The predicted molar refractivity (Wildman–Crippen MR) is 114 cm³/mol. The number of alkyl halides is 1. The largest absolute Gasteiger partial charge is 0.466 e. The Morgan fingerprint density at radius 3 is 2.34 bits per heavy atom. The summed E-state index contributed by atoms with van der Waals surface area (Å²) in [5.74, 6) is -0.0393. The normalized spacial score (nSPS) is 29.1. The molecule has 6 nitrogen and oxygen atoms in total. The first kappa shape index (κ1) is 26.9. The third-order valence-corrected chi connectivity index (χ3v) is 6.16. The number of rotatable bonds is 9. The van der Waals surface area contributed by atoms with E-state index in [-0.39, 0.29) is 55.2 Å². The molecule has 0 aromatic heterocycles. The molecule has 0 aromatic carbocycles. The summed E-state index contributed by atoms with van der Waals surface area (Å²) in [5.41, 5.74) is 0. The van der Waals surface area contributed by atoms with Gasteiger partial charge in [0.2, 0.25) is 0 Å². The highest BCUT2D eigenvalue weighted by Crippen LogP contribution is 2.32. The van der Waals surface area contributed by atoms with Gasteiger partial charge in [0.05, 0.1) is 25.2 Å². The average molecular weight is 459 g/mol. The molecule has 1 saturated carbocycles. The van der Waals surface area contributed by atoms with Crippen LogP contribution in [0.4, 0.5) is 4.39 Å². The number of hydrogen-bond acceptors (Lipinski definition) is 6. The van der Waals surface area contributed by atoms with Crippen molar-refractivity contribution in [1.29, 1.82) is 0 Å². The van der Waals surface area contributed by atoms with Crippen LogP contribution in [0, 0.1) is 5.92 Å². The lowest BCUT2D eigenvalue weighted by molar-refractivity contribution is -0.192. The molecule has 3 rings (SSSR count). The van der Waals surface area contributed by atoms with Crippen molar-refractivity contribution in [3.8, 4) is 0 Å². The van der Waals surface area contributed by atoms with Crippen LogP contribution in [-0.4, -0.2) is 74.0 Å². The second-order valence-corrected chi connectivity index (χ2v) is 7.94. The van der Waals surface area contributed by atoms with E-state index < -0.39 is 6.86 Å². The van der Waals surface area contributed by atoms with Crippen LogP contribution in [0.3, 0.4) is 0 Å². The summed E-state index contributed by atoms with van der Waals surface area (Å²) in [6, 6.07) is 0.224. The lowest BCUT2D eigenvalue weighted by atomic mass is 9.87. The summed E-state index contributed by atoms with van der Waals surface area (Å²) >= 11 is 0. The van der Waals surface area contributed by atoms with Crippen molar-refractivity contribution in [3.05, 3.63) is 0 Å². The Kier molecular flexibility index (Phi) is 13.0. The van der Waals surface area contributed by atoms with Crippen LogP contribution >= 0.6 is 24.8 Å². The third-order valence-electron chi connectivity index (χ3n) is 6.16. The zero-order valence-corrected chi connectivity index (χ0v) is 19.1. The van der Waals surface area contributed by atoms with Crippen LogP contribution in [0.2, 0.25) is 0 Å².